The van der Waals surface area contributed by atoms with Crippen molar-refractivity contribution >= 4 is 23.2 Å². The molecule has 198 valence electrons. The van der Waals surface area contributed by atoms with E-state index in [2.05, 4.69) is 87.9 Å². The van der Waals surface area contributed by atoms with E-state index in [-0.39, 0.29) is 17.9 Å². The SMILES string of the molecule is CC(=O)NC(c1ccc(N2CCN(C(C)=O)CC2)cc1)c1cccc(-c2ccccc2)c1N1CCCCC1. The summed E-state index contributed by atoms with van der Waals surface area (Å²) in [6.07, 6.45) is 3.62. The number of carbonyl (C=O) groups is 2. The van der Waals surface area contributed by atoms with E-state index in [9.17, 15) is 9.59 Å². The van der Waals surface area contributed by atoms with E-state index in [0.29, 0.717) is 0 Å². The first-order chi connectivity index (χ1) is 18.5. The molecule has 0 radical (unpaired) electrons. The summed E-state index contributed by atoms with van der Waals surface area (Å²) in [7, 11) is 0. The summed E-state index contributed by atoms with van der Waals surface area (Å²) in [6, 6.07) is 25.4. The number of piperidine rings is 1. The van der Waals surface area contributed by atoms with E-state index >= 15 is 0 Å². The number of anilines is 2. The number of nitrogens with one attached hydrogen (secondary N) is 1. The van der Waals surface area contributed by atoms with Gasteiger partial charge in [0.15, 0.2) is 0 Å². The Kier molecular flexibility index (Phi) is 7.97. The summed E-state index contributed by atoms with van der Waals surface area (Å²) in [5.74, 6) is 0.0922. The minimum Gasteiger partial charge on any atom is -0.371 e. The van der Waals surface area contributed by atoms with Crippen LogP contribution in [-0.2, 0) is 9.59 Å². The molecule has 2 fully saturated rings. The van der Waals surface area contributed by atoms with Gasteiger partial charge in [0.1, 0.15) is 0 Å². The van der Waals surface area contributed by atoms with Crippen LogP contribution in [0.1, 0.15) is 50.3 Å². The molecular weight excluding hydrogens is 472 g/mol. The zero-order chi connectivity index (χ0) is 26.5. The van der Waals surface area contributed by atoms with Crippen LogP contribution >= 0.6 is 0 Å². The number of carbonyl (C=O) groups excluding carboxylic acids is 2. The van der Waals surface area contributed by atoms with Gasteiger partial charge in [0.05, 0.1) is 11.7 Å². The van der Waals surface area contributed by atoms with E-state index in [4.69, 9.17) is 0 Å². The van der Waals surface area contributed by atoms with Crippen LogP contribution < -0.4 is 15.1 Å². The molecule has 0 aromatic heterocycles. The second kappa shape index (κ2) is 11.7. The van der Waals surface area contributed by atoms with Gasteiger partial charge in [-0.25, -0.2) is 0 Å². The predicted octanol–water partition coefficient (Wildman–Crippen LogP) is 5.24. The zero-order valence-corrected chi connectivity index (χ0v) is 22.5. The molecule has 1 N–H and O–H groups in total. The minimum atomic E-state index is -0.253. The van der Waals surface area contributed by atoms with Crippen LogP contribution in [0.5, 0.6) is 0 Å². The van der Waals surface area contributed by atoms with Gasteiger partial charge in [-0.3, -0.25) is 9.59 Å². The molecule has 1 atom stereocenters. The van der Waals surface area contributed by atoms with Crippen molar-refractivity contribution in [2.45, 2.75) is 39.2 Å². The molecule has 2 aliphatic heterocycles. The lowest BCUT2D eigenvalue weighted by molar-refractivity contribution is -0.129. The van der Waals surface area contributed by atoms with Gasteiger partial charge < -0.3 is 20.0 Å². The molecule has 6 heteroatoms. The monoisotopic (exact) mass is 510 g/mol. The average Bonchev–Trinajstić information content (AvgIpc) is 2.96. The van der Waals surface area contributed by atoms with Crippen LogP contribution in [-0.4, -0.2) is 56.0 Å². The topological polar surface area (TPSA) is 55.9 Å². The molecule has 2 saturated heterocycles. The van der Waals surface area contributed by atoms with Crippen molar-refractivity contribution < 1.29 is 9.59 Å². The quantitative estimate of drug-likeness (QED) is 0.493. The van der Waals surface area contributed by atoms with Gasteiger partial charge in [-0.1, -0.05) is 60.7 Å². The summed E-state index contributed by atoms with van der Waals surface area (Å²) in [4.78, 5) is 30.9. The fourth-order valence-electron chi connectivity index (χ4n) is 5.82. The number of benzene rings is 3. The highest BCUT2D eigenvalue weighted by molar-refractivity contribution is 5.83. The third-order valence-electron chi connectivity index (χ3n) is 7.80. The van der Waals surface area contributed by atoms with Crippen molar-refractivity contribution in [3.05, 3.63) is 83.9 Å². The normalized spacial score (nSPS) is 16.7. The van der Waals surface area contributed by atoms with Gasteiger partial charge >= 0.3 is 0 Å². The fraction of sp³-hybridized carbons (Fsp3) is 0.375. The van der Waals surface area contributed by atoms with E-state index in [1.165, 1.54) is 36.1 Å². The standard InChI is InChI=1S/C32H38N4O2/c1-24(37)33-31(27-14-16-28(17-15-27)35-22-20-34(21-23-35)25(2)38)30-13-9-12-29(26-10-5-3-6-11-26)32(30)36-18-7-4-8-19-36/h3,5-6,9-17,31H,4,7-8,18-23H2,1-2H3,(H,33,37). The molecule has 3 aromatic rings. The average molecular weight is 511 g/mol. The van der Waals surface area contributed by atoms with E-state index in [0.717, 1.165) is 56.1 Å². The molecule has 2 aliphatic rings. The molecule has 0 saturated carbocycles. The highest BCUT2D eigenvalue weighted by Crippen LogP contribution is 2.40. The summed E-state index contributed by atoms with van der Waals surface area (Å²) in [6.45, 7) is 8.42. The van der Waals surface area contributed by atoms with E-state index in [1.54, 1.807) is 13.8 Å². The smallest absolute Gasteiger partial charge is 0.219 e. The van der Waals surface area contributed by atoms with Crippen molar-refractivity contribution in [1.82, 2.24) is 10.2 Å². The van der Waals surface area contributed by atoms with Gasteiger partial charge in [0, 0.05) is 69.9 Å². The molecular formula is C32H38N4O2. The van der Waals surface area contributed by atoms with Gasteiger partial charge in [0.25, 0.3) is 0 Å². The van der Waals surface area contributed by atoms with Crippen molar-refractivity contribution in [3.63, 3.8) is 0 Å². The second-order valence-corrected chi connectivity index (χ2v) is 10.4. The number of hydrogen-bond acceptors (Lipinski definition) is 4. The molecule has 6 nitrogen and oxygen atoms in total. The molecule has 0 spiro atoms. The lowest BCUT2D eigenvalue weighted by Gasteiger charge is -2.36. The lowest BCUT2D eigenvalue weighted by atomic mass is 9.90. The Morgan fingerprint density at radius 1 is 0.711 bits per heavy atom. The van der Waals surface area contributed by atoms with E-state index in [1.807, 2.05) is 4.90 Å². The van der Waals surface area contributed by atoms with Crippen molar-refractivity contribution in [1.29, 1.82) is 0 Å². The molecule has 2 amide bonds. The summed E-state index contributed by atoms with van der Waals surface area (Å²) in [5, 5.41) is 3.26. The van der Waals surface area contributed by atoms with Gasteiger partial charge in [-0.2, -0.15) is 0 Å². The van der Waals surface area contributed by atoms with Gasteiger partial charge in [-0.15, -0.1) is 0 Å². The third kappa shape index (κ3) is 5.69. The van der Waals surface area contributed by atoms with Gasteiger partial charge in [-0.05, 0) is 42.5 Å². The minimum absolute atomic E-state index is 0.0471. The summed E-state index contributed by atoms with van der Waals surface area (Å²) < 4.78 is 0. The maximum atomic E-state index is 12.5. The Morgan fingerprint density at radius 3 is 2.03 bits per heavy atom. The van der Waals surface area contributed by atoms with Crippen LogP contribution in [0.2, 0.25) is 0 Å². The number of piperazine rings is 1. The Bertz CT molecular complexity index is 1240. The number of nitrogens with zero attached hydrogens (tertiary/aromatic N) is 3. The Balaban J connectivity index is 1.51. The first kappa shape index (κ1) is 25.8. The van der Waals surface area contributed by atoms with Crippen LogP contribution in [0.4, 0.5) is 11.4 Å². The third-order valence-corrected chi connectivity index (χ3v) is 7.80. The summed E-state index contributed by atoms with van der Waals surface area (Å²) in [5.41, 5.74) is 6.97. The maximum Gasteiger partial charge on any atom is 0.219 e. The van der Waals surface area contributed by atoms with Crippen molar-refractivity contribution in [2.24, 2.45) is 0 Å². The fourth-order valence-corrected chi connectivity index (χ4v) is 5.82. The molecule has 3 aromatic carbocycles. The molecule has 2 heterocycles. The Morgan fingerprint density at radius 2 is 1.39 bits per heavy atom. The molecule has 0 aliphatic carbocycles. The molecule has 5 rings (SSSR count). The molecule has 1 unspecified atom stereocenters. The lowest BCUT2D eigenvalue weighted by Crippen LogP contribution is -2.48. The van der Waals surface area contributed by atoms with Crippen LogP contribution in [0.25, 0.3) is 11.1 Å². The number of rotatable bonds is 6. The highest BCUT2D eigenvalue weighted by Gasteiger charge is 2.26. The second-order valence-electron chi connectivity index (χ2n) is 10.4. The number of hydrogen-bond donors (Lipinski definition) is 1. The molecule has 38 heavy (non-hydrogen) atoms. The predicted molar refractivity (Wildman–Crippen MR) is 155 cm³/mol. The van der Waals surface area contributed by atoms with Gasteiger partial charge in [0.2, 0.25) is 11.8 Å². The Hall–Kier alpha value is -3.80. The Labute approximate surface area is 226 Å². The van der Waals surface area contributed by atoms with E-state index < -0.39 is 0 Å². The van der Waals surface area contributed by atoms with Crippen molar-refractivity contribution in [3.8, 4) is 11.1 Å². The van der Waals surface area contributed by atoms with Crippen LogP contribution in [0.3, 0.4) is 0 Å². The number of amides is 2. The van der Waals surface area contributed by atoms with Crippen molar-refractivity contribution in [2.75, 3.05) is 49.1 Å². The largest absolute Gasteiger partial charge is 0.371 e. The van der Waals surface area contributed by atoms with Crippen LogP contribution in [0.15, 0.2) is 72.8 Å². The number of para-hydroxylation sites is 1. The van der Waals surface area contributed by atoms with Crippen LogP contribution in [0, 0.1) is 0 Å². The first-order valence-electron chi connectivity index (χ1n) is 13.8. The highest BCUT2D eigenvalue weighted by atomic mass is 16.2. The zero-order valence-electron chi connectivity index (χ0n) is 22.5. The maximum absolute atomic E-state index is 12.5. The summed E-state index contributed by atoms with van der Waals surface area (Å²) >= 11 is 0. The first-order valence-corrected chi connectivity index (χ1v) is 13.8. The molecule has 0 bridgehead atoms.